The fourth-order valence-electron chi connectivity index (χ4n) is 2.78. The van der Waals surface area contributed by atoms with Gasteiger partial charge in [-0.25, -0.2) is 0 Å². The molecule has 110 valence electrons. The maximum atomic E-state index is 12.0. The van der Waals surface area contributed by atoms with Crippen molar-refractivity contribution >= 4 is 21.8 Å². The highest BCUT2D eigenvalue weighted by Crippen LogP contribution is 2.19. The molecule has 0 aromatic heterocycles. The van der Waals surface area contributed by atoms with Crippen LogP contribution in [0.2, 0.25) is 0 Å². The first-order chi connectivity index (χ1) is 9.69. The quantitative estimate of drug-likeness (QED) is 0.866. The Kier molecular flexibility index (Phi) is 6.05. The molecule has 1 saturated carbocycles. The molecule has 1 fully saturated rings. The minimum atomic E-state index is 0.175. The summed E-state index contributed by atoms with van der Waals surface area (Å²) in [5.74, 6) is 0.175. The van der Waals surface area contributed by atoms with Crippen molar-refractivity contribution in [3.05, 3.63) is 34.3 Å². The molecule has 0 heterocycles. The summed E-state index contributed by atoms with van der Waals surface area (Å²) in [6.07, 6.45) is 5.85. The maximum Gasteiger partial charge on any atom is 0.220 e. The molecule has 3 nitrogen and oxygen atoms in total. The first-order valence-electron chi connectivity index (χ1n) is 7.39. The maximum absolute atomic E-state index is 12.0. The molecule has 1 aromatic rings. The van der Waals surface area contributed by atoms with Gasteiger partial charge in [-0.3, -0.25) is 4.79 Å². The first kappa shape index (κ1) is 15.5. The summed E-state index contributed by atoms with van der Waals surface area (Å²) < 4.78 is 1.09. The van der Waals surface area contributed by atoms with E-state index in [0.29, 0.717) is 18.5 Å². The second-order valence-electron chi connectivity index (χ2n) is 5.50. The lowest BCUT2D eigenvalue weighted by molar-refractivity contribution is -0.122. The second-order valence-corrected chi connectivity index (χ2v) is 6.35. The van der Waals surface area contributed by atoms with E-state index in [9.17, 15) is 4.79 Å². The SMILES string of the molecule is CNC1CCC(NC(=O)CCc2ccccc2Br)CC1. The van der Waals surface area contributed by atoms with Crippen molar-refractivity contribution in [2.45, 2.75) is 50.6 Å². The number of carbonyl (C=O) groups excluding carboxylic acids is 1. The monoisotopic (exact) mass is 338 g/mol. The van der Waals surface area contributed by atoms with Gasteiger partial charge < -0.3 is 10.6 Å². The van der Waals surface area contributed by atoms with E-state index < -0.39 is 0 Å². The van der Waals surface area contributed by atoms with Crippen LogP contribution >= 0.6 is 15.9 Å². The average molecular weight is 339 g/mol. The Morgan fingerprint density at radius 1 is 1.20 bits per heavy atom. The van der Waals surface area contributed by atoms with Gasteiger partial charge in [-0.05, 0) is 50.8 Å². The number of halogens is 1. The van der Waals surface area contributed by atoms with E-state index in [0.717, 1.165) is 36.6 Å². The lowest BCUT2D eigenvalue weighted by atomic mass is 9.91. The van der Waals surface area contributed by atoms with Gasteiger partial charge in [0.15, 0.2) is 0 Å². The Hall–Kier alpha value is -0.870. The molecule has 0 unspecified atom stereocenters. The lowest BCUT2D eigenvalue weighted by Crippen LogP contribution is -2.41. The minimum absolute atomic E-state index is 0.175. The van der Waals surface area contributed by atoms with E-state index in [1.54, 1.807) is 0 Å². The highest BCUT2D eigenvalue weighted by molar-refractivity contribution is 9.10. The van der Waals surface area contributed by atoms with Gasteiger partial charge >= 0.3 is 0 Å². The number of nitrogens with one attached hydrogen (secondary N) is 2. The topological polar surface area (TPSA) is 41.1 Å². The van der Waals surface area contributed by atoms with Crippen molar-refractivity contribution in [2.75, 3.05) is 7.05 Å². The van der Waals surface area contributed by atoms with Crippen LogP contribution in [-0.2, 0) is 11.2 Å². The molecular formula is C16H23BrN2O. The number of rotatable bonds is 5. The van der Waals surface area contributed by atoms with Crippen molar-refractivity contribution in [3.8, 4) is 0 Å². The summed E-state index contributed by atoms with van der Waals surface area (Å²) in [5, 5.41) is 6.48. The normalized spacial score (nSPS) is 22.5. The Labute approximate surface area is 129 Å². The zero-order valence-corrected chi connectivity index (χ0v) is 13.6. The molecule has 1 aromatic carbocycles. The van der Waals surface area contributed by atoms with Crippen molar-refractivity contribution in [1.82, 2.24) is 10.6 Å². The lowest BCUT2D eigenvalue weighted by Gasteiger charge is -2.28. The van der Waals surface area contributed by atoms with Gasteiger partial charge in [0, 0.05) is 23.0 Å². The number of hydrogen-bond acceptors (Lipinski definition) is 2. The van der Waals surface area contributed by atoms with E-state index in [1.807, 2.05) is 25.2 Å². The third-order valence-corrected chi connectivity index (χ3v) is 4.85. The van der Waals surface area contributed by atoms with E-state index in [1.165, 1.54) is 5.56 Å². The van der Waals surface area contributed by atoms with Crippen LogP contribution in [-0.4, -0.2) is 25.0 Å². The summed E-state index contributed by atoms with van der Waals surface area (Å²) in [6, 6.07) is 9.09. The number of benzene rings is 1. The van der Waals surface area contributed by atoms with Gasteiger partial charge in [0.1, 0.15) is 0 Å². The van der Waals surface area contributed by atoms with Crippen molar-refractivity contribution in [3.63, 3.8) is 0 Å². The molecule has 20 heavy (non-hydrogen) atoms. The molecule has 0 atom stereocenters. The average Bonchev–Trinajstić information content (AvgIpc) is 2.47. The van der Waals surface area contributed by atoms with Gasteiger partial charge in [-0.2, -0.15) is 0 Å². The summed E-state index contributed by atoms with van der Waals surface area (Å²) in [7, 11) is 2.02. The van der Waals surface area contributed by atoms with Crippen LogP contribution in [0, 0.1) is 0 Å². The van der Waals surface area contributed by atoms with E-state index in [2.05, 4.69) is 32.6 Å². The van der Waals surface area contributed by atoms with Crippen LogP contribution in [0.15, 0.2) is 28.7 Å². The van der Waals surface area contributed by atoms with Crippen LogP contribution in [0.4, 0.5) is 0 Å². The van der Waals surface area contributed by atoms with Crippen molar-refractivity contribution < 1.29 is 4.79 Å². The molecule has 1 aliphatic rings. The smallest absolute Gasteiger partial charge is 0.220 e. The standard InChI is InChI=1S/C16H23BrN2O/c1-18-13-7-9-14(10-8-13)19-16(20)11-6-12-4-2-3-5-15(12)17/h2-5,13-14,18H,6-11H2,1H3,(H,19,20). The number of aryl methyl sites for hydroxylation is 1. The summed E-state index contributed by atoms with van der Waals surface area (Å²) in [5.41, 5.74) is 1.20. The van der Waals surface area contributed by atoms with Gasteiger partial charge in [-0.15, -0.1) is 0 Å². The zero-order chi connectivity index (χ0) is 14.4. The molecule has 0 aliphatic heterocycles. The minimum Gasteiger partial charge on any atom is -0.353 e. The predicted molar refractivity (Wildman–Crippen MR) is 85.7 cm³/mol. The highest BCUT2D eigenvalue weighted by atomic mass is 79.9. The third-order valence-electron chi connectivity index (χ3n) is 4.08. The molecule has 1 aliphatic carbocycles. The van der Waals surface area contributed by atoms with Gasteiger partial charge in [0.25, 0.3) is 0 Å². The highest BCUT2D eigenvalue weighted by Gasteiger charge is 2.21. The summed E-state index contributed by atoms with van der Waals surface area (Å²) in [4.78, 5) is 12.0. The Morgan fingerprint density at radius 2 is 1.85 bits per heavy atom. The van der Waals surface area contributed by atoms with E-state index in [-0.39, 0.29) is 5.91 Å². The molecule has 0 radical (unpaired) electrons. The van der Waals surface area contributed by atoms with Crippen LogP contribution < -0.4 is 10.6 Å². The Morgan fingerprint density at radius 3 is 2.50 bits per heavy atom. The predicted octanol–water partition coefficient (Wildman–Crippen LogP) is 3.03. The number of hydrogen-bond donors (Lipinski definition) is 2. The number of carbonyl (C=O) groups is 1. The third kappa shape index (κ3) is 4.60. The van der Waals surface area contributed by atoms with Crippen LogP contribution in [0.1, 0.15) is 37.7 Å². The van der Waals surface area contributed by atoms with Crippen LogP contribution in [0.5, 0.6) is 0 Å². The Balaban J connectivity index is 1.72. The van der Waals surface area contributed by atoms with Crippen LogP contribution in [0.3, 0.4) is 0 Å². The largest absolute Gasteiger partial charge is 0.353 e. The van der Waals surface area contributed by atoms with E-state index in [4.69, 9.17) is 0 Å². The molecule has 0 saturated heterocycles. The molecule has 1 amide bonds. The van der Waals surface area contributed by atoms with Gasteiger partial charge in [-0.1, -0.05) is 34.1 Å². The molecule has 2 N–H and O–H groups in total. The van der Waals surface area contributed by atoms with Crippen molar-refractivity contribution in [1.29, 1.82) is 0 Å². The molecule has 4 heteroatoms. The first-order valence-corrected chi connectivity index (χ1v) is 8.18. The molecular weight excluding hydrogens is 316 g/mol. The fraction of sp³-hybridized carbons (Fsp3) is 0.562. The second kappa shape index (κ2) is 7.79. The van der Waals surface area contributed by atoms with Crippen molar-refractivity contribution in [2.24, 2.45) is 0 Å². The molecule has 2 rings (SSSR count). The van der Waals surface area contributed by atoms with E-state index >= 15 is 0 Å². The fourth-order valence-corrected chi connectivity index (χ4v) is 3.26. The zero-order valence-electron chi connectivity index (χ0n) is 12.0. The molecule has 0 bridgehead atoms. The molecule has 0 spiro atoms. The summed E-state index contributed by atoms with van der Waals surface area (Å²) >= 11 is 3.52. The van der Waals surface area contributed by atoms with Gasteiger partial charge in [0.2, 0.25) is 5.91 Å². The van der Waals surface area contributed by atoms with Crippen LogP contribution in [0.25, 0.3) is 0 Å². The number of amides is 1. The summed E-state index contributed by atoms with van der Waals surface area (Å²) in [6.45, 7) is 0. The Bertz CT molecular complexity index is 442. The van der Waals surface area contributed by atoms with Gasteiger partial charge in [0.05, 0.1) is 0 Å².